The number of benzene rings is 1. The predicted molar refractivity (Wildman–Crippen MR) is 116 cm³/mol. The average Bonchev–Trinajstić information content (AvgIpc) is 3.24. The van der Waals surface area contributed by atoms with Crippen LogP contribution in [0.4, 0.5) is 4.79 Å². The standard InChI is InChI=1S/C21H29N5O6/c1-3-4-9-31-21(29)25-17(20(28)30-2)12-24-18(27)11-15-10-16(26-32-15)13-5-7-14(8-6-13)19(22)23/h5-8,15,17H,3-4,9-12H2,1-2H3,(H3,22,23)(H,24,27)(H,25,29)/t15-,17+/m1/s1. The number of nitrogens with one attached hydrogen (secondary N) is 3. The quantitative estimate of drug-likeness (QED) is 0.170. The Hall–Kier alpha value is -3.63. The minimum atomic E-state index is -1.07. The van der Waals surface area contributed by atoms with Crippen LogP contribution in [0.1, 0.15) is 43.7 Å². The van der Waals surface area contributed by atoms with Crippen LogP contribution in [0.5, 0.6) is 0 Å². The van der Waals surface area contributed by atoms with Crippen molar-refractivity contribution in [3.8, 4) is 0 Å². The van der Waals surface area contributed by atoms with Crippen molar-refractivity contribution in [3.05, 3.63) is 35.4 Å². The fourth-order valence-electron chi connectivity index (χ4n) is 2.87. The van der Waals surface area contributed by atoms with Gasteiger partial charge in [-0.15, -0.1) is 0 Å². The number of amidine groups is 1. The maximum atomic E-state index is 12.3. The third-order valence-corrected chi connectivity index (χ3v) is 4.69. The summed E-state index contributed by atoms with van der Waals surface area (Å²) in [5, 5.41) is 16.4. The van der Waals surface area contributed by atoms with Crippen molar-refractivity contribution in [2.24, 2.45) is 10.9 Å². The summed E-state index contributed by atoms with van der Waals surface area (Å²) < 4.78 is 9.64. The number of amides is 2. The average molecular weight is 447 g/mol. The van der Waals surface area contributed by atoms with Crippen LogP contribution < -0.4 is 16.4 Å². The number of hydrogen-bond acceptors (Lipinski definition) is 8. The molecule has 11 heteroatoms. The molecule has 1 aliphatic heterocycles. The van der Waals surface area contributed by atoms with E-state index in [0.717, 1.165) is 12.0 Å². The second-order valence-electron chi connectivity index (χ2n) is 7.18. The van der Waals surface area contributed by atoms with Gasteiger partial charge in [-0.1, -0.05) is 42.8 Å². The van der Waals surface area contributed by atoms with E-state index < -0.39 is 24.2 Å². The van der Waals surface area contributed by atoms with Gasteiger partial charge in [-0.2, -0.15) is 0 Å². The minimum Gasteiger partial charge on any atom is -0.467 e. The number of alkyl carbamates (subject to hydrolysis) is 1. The lowest BCUT2D eigenvalue weighted by Gasteiger charge is -2.17. The number of methoxy groups -OCH3 is 1. The highest BCUT2D eigenvalue weighted by Crippen LogP contribution is 2.19. The van der Waals surface area contributed by atoms with Gasteiger partial charge in [0.1, 0.15) is 18.0 Å². The SMILES string of the molecule is CCCCOC(=O)N[C@@H](CNC(=O)C[C@H]1CC(c2ccc(C(=N)N)cc2)=NO1)C(=O)OC. The third kappa shape index (κ3) is 7.56. The number of nitrogens with two attached hydrogens (primary N) is 1. The molecule has 1 aliphatic rings. The first-order chi connectivity index (χ1) is 15.3. The molecule has 1 aromatic carbocycles. The van der Waals surface area contributed by atoms with Gasteiger partial charge in [-0.25, -0.2) is 9.59 Å². The Balaban J connectivity index is 1.80. The Morgan fingerprint density at radius 3 is 2.66 bits per heavy atom. The normalized spacial score (nSPS) is 15.7. The molecule has 2 rings (SSSR count). The number of ether oxygens (including phenoxy) is 2. The van der Waals surface area contributed by atoms with Crippen molar-refractivity contribution in [1.82, 2.24) is 10.6 Å². The van der Waals surface area contributed by atoms with Gasteiger partial charge in [-0.05, 0) is 12.0 Å². The van der Waals surface area contributed by atoms with Crippen molar-refractivity contribution in [3.63, 3.8) is 0 Å². The summed E-state index contributed by atoms with van der Waals surface area (Å²) in [6, 6.07) is 5.93. The number of esters is 1. The molecule has 1 aromatic rings. The predicted octanol–water partition coefficient (Wildman–Crippen LogP) is 1.04. The van der Waals surface area contributed by atoms with Gasteiger partial charge in [0.2, 0.25) is 5.91 Å². The number of nitrogens with zero attached hydrogens (tertiary/aromatic N) is 1. The van der Waals surface area contributed by atoms with Crippen LogP contribution in [0.15, 0.2) is 29.4 Å². The molecule has 1 heterocycles. The lowest BCUT2D eigenvalue weighted by molar-refractivity contribution is -0.143. The van der Waals surface area contributed by atoms with E-state index in [4.69, 9.17) is 20.7 Å². The summed E-state index contributed by atoms with van der Waals surface area (Å²) in [6.45, 7) is 2.04. The van der Waals surface area contributed by atoms with E-state index in [-0.39, 0.29) is 31.3 Å². The van der Waals surface area contributed by atoms with Crippen molar-refractivity contribution in [2.45, 2.75) is 44.8 Å². The molecule has 0 saturated heterocycles. The monoisotopic (exact) mass is 447 g/mol. The van der Waals surface area contributed by atoms with E-state index in [1.807, 2.05) is 6.92 Å². The Kier molecular flexibility index (Phi) is 9.45. The van der Waals surface area contributed by atoms with Crippen LogP contribution in [0, 0.1) is 5.41 Å². The molecule has 32 heavy (non-hydrogen) atoms. The Labute approximate surface area is 186 Å². The fraction of sp³-hybridized carbons (Fsp3) is 0.476. The summed E-state index contributed by atoms with van der Waals surface area (Å²) in [6.07, 6.45) is 0.807. The zero-order chi connectivity index (χ0) is 23.5. The number of carbonyl (C=O) groups excluding carboxylic acids is 3. The Morgan fingerprint density at radius 1 is 1.31 bits per heavy atom. The van der Waals surface area contributed by atoms with Crippen LogP contribution in [0.2, 0.25) is 0 Å². The molecule has 5 N–H and O–H groups in total. The molecule has 0 bridgehead atoms. The molecule has 11 nitrogen and oxygen atoms in total. The third-order valence-electron chi connectivity index (χ3n) is 4.69. The molecule has 0 aliphatic carbocycles. The van der Waals surface area contributed by atoms with E-state index in [9.17, 15) is 14.4 Å². The largest absolute Gasteiger partial charge is 0.467 e. The van der Waals surface area contributed by atoms with Crippen molar-refractivity contribution < 1.29 is 28.7 Å². The smallest absolute Gasteiger partial charge is 0.407 e. The molecule has 0 saturated carbocycles. The van der Waals surface area contributed by atoms with Gasteiger partial charge in [0, 0.05) is 18.5 Å². The number of rotatable bonds is 11. The van der Waals surface area contributed by atoms with Crippen LogP contribution >= 0.6 is 0 Å². The van der Waals surface area contributed by atoms with Gasteiger partial charge in [0.15, 0.2) is 0 Å². The summed E-state index contributed by atoms with van der Waals surface area (Å²) >= 11 is 0. The zero-order valence-electron chi connectivity index (χ0n) is 18.2. The van der Waals surface area contributed by atoms with Crippen LogP contribution in [0.3, 0.4) is 0 Å². The summed E-state index contributed by atoms with van der Waals surface area (Å²) in [4.78, 5) is 41.3. The summed E-state index contributed by atoms with van der Waals surface area (Å²) in [7, 11) is 1.19. The van der Waals surface area contributed by atoms with Crippen molar-refractivity contribution in [1.29, 1.82) is 5.41 Å². The lowest BCUT2D eigenvalue weighted by atomic mass is 10.0. The molecular formula is C21H29N5O6. The maximum absolute atomic E-state index is 12.3. The second kappa shape index (κ2) is 12.3. The molecule has 0 aromatic heterocycles. The first-order valence-electron chi connectivity index (χ1n) is 10.3. The number of nitrogen functional groups attached to an aromatic ring is 1. The van der Waals surface area contributed by atoms with Gasteiger partial charge in [0.05, 0.1) is 25.8 Å². The molecule has 2 atom stereocenters. The highest BCUT2D eigenvalue weighted by atomic mass is 16.6. The van der Waals surface area contributed by atoms with Crippen LogP contribution in [-0.2, 0) is 23.9 Å². The molecule has 174 valence electrons. The number of unbranched alkanes of at least 4 members (excludes halogenated alkanes) is 1. The summed E-state index contributed by atoms with van der Waals surface area (Å²) in [5.41, 5.74) is 7.55. The van der Waals surface area contributed by atoms with E-state index in [2.05, 4.69) is 20.5 Å². The number of carbonyl (C=O) groups is 3. The Morgan fingerprint density at radius 2 is 2.03 bits per heavy atom. The topological polar surface area (TPSA) is 165 Å². The molecule has 0 fully saturated rings. The highest BCUT2D eigenvalue weighted by Gasteiger charge is 2.27. The maximum Gasteiger partial charge on any atom is 0.407 e. The van der Waals surface area contributed by atoms with E-state index >= 15 is 0 Å². The summed E-state index contributed by atoms with van der Waals surface area (Å²) in [5.74, 6) is -1.09. The number of oxime groups is 1. The van der Waals surface area contributed by atoms with Gasteiger partial charge in [-0.3, -0.25) is 10.2 Å². The van der Waals surface area contributed by atoms with E-state index in [0.29, 0.717) is 24.1 Å². The van der Waals surface area contributed by atoms with Crippen LogP contribution in [0.25, 0.3) is 0 Å². The van der Waals surface area contributed by atoms with Crippen LogP contribution in [-0.4, -0.2) is 61.9 Å². The van der Waals surface area contributed by atoms with Gasteiger partial charge < -0.3 is 30.7 Å². The van der Waals surface area contributed by atoms with Crippen molar-refractivity contribution in [2.75, 3.05) is 20.3 Å². The molecule has 0 unspecified atom stereocenters. The molecule has 2 amide bonds. The van der Waals surface area contributed by atoms with Gasteiger partial charge >= 0.3 is 12.1 Å². The van der Waals surface area contributed by atoms with E-state index in [1.165, 1.54) is 7.11 Å². The molecular weight excluding hydrogens is 418 g/mol. The first kappa shape index (κ1) is 24.6. The van der Waals surface area contributed by atoms with Gasteiger partial charge in [0.25, 0.3) is 0 Å². The highest BCUT2D eigenvalue weighted by molar-refractivity contribution is 6.02. The zero-order valence-corrected chi connectivity index (χ0v) is 18.2. The minimum absolute atomic E-state index is 0.0212. The number of hydrogen-bond donors (Lipinski definition) is 4. The Bertz CT molecular complexity index is 855. The lowest BCUT2D eigenvalue weighted by Crippen LogP contribution is -2.49. The fourth-order valence-corrected chi connectivity index (χ4v) is 2.87. The van der Waals surface area contributed by atoms with E-state index in [1.54, 1.807) is 24.3 Å². The molecule has 0 radical (unpaired) electrons. The first-order valence-corrected chi connectivity index (χ1v) is 10.3. The molecule has 0 spiro atoms. The second-order valence-corrected chi connectivity index (χ2v) is 7.18. The van der Waals surface area contributed by atoms with Crippen molar-refractivity contribution >= 4 is 29.5 Å².